The number of aryl methyl sites for hydroxylation is 2. The van der Waals surface area contributed by atoms with Crippen molar-refractivity contribution in [1.82, 2.24) is 0 Å². The molecule has 248 valence electrons. The zero-order valence-electron chi connectivity index (χ0n) is 29.4. The van der Waals surface area contributed by atoms with Crippen LogP contribution < -0.4 is 17.2 Å². The van der Waals surface area contributed by atoms with E-state index in [-0.39, 0.29) is 0 Å². The summed E-state index contributed by atoms with van der Waals surface area (Å²) in [7, 11) is 0. The van der Waals surface area contributed by atoms with Gasteiger partial charge in [0.25, 0.3) is 0 Å². The fourth-order valence-electron chi connectivity index (χ4n) is 6.52. The summed E-state index contributed by atoms with van der Waals surface area (Å²) in [5.41, 5.74) is 28.9. The quantitative estimate of drug-likeness (QED) is 0.182. The van der Waals surface area contributed by atoms with Crippen LogP contribution in [0.1, 0.15) is 84.9 Å². The third kappa shape index (κ3) is 10.9. The first-order chi connectivity index (χ1) is 22.5. The second-order valence-electron chi connectivity index (χ2n) is 13.7. The van der Waals surface area contributed by atoms with Crippen molar-refractivity contribution in [1.29, 1.82) is 0 Å². The molecule has 0 amide bonds. The van der Waals surface area contributed by atoms with Crippen LogP contribution in [0.2, 0.25) is 0 Å². The molecule has 47 heavy (non-hydrogen) atoms. The lowest BCUT2D eigenvalue weighted by Crippen LogP contribution is -2.21. The number of hydrogen-bond donors (Lipinski definition) is 3. The Hall–Kier alpha value is -4.34. The maximum absolute atomic E-state index is 5.79. The van der Waals surface area contributed by atoms with E-state index in [2.05, 4.69) is 156 Å². The third-order valence-electron chi connectivity index (χ3n) is 9.22. The summed E-state index contributed by atoms with van der Waals surface area (Å²) in [6.07, 6.45) is 10.6. The molecule has 4 aromatic rings. The first-order valence-electron chi connectivity index (χ1n) is 16.9. The largest absolute Gasteiger partial charge is 0.405 e. The van der Waals surface area contributed by atoms with E-state index in [1.54, 1.807) is 0 Å². The summed E-state index contributed by atoms with van der Waals surface area (Å²) in [6.45, 7) is 18.5. The molecule has 2 unspecified atom stereocenters. The highest BCUT2D eigenvalue weighted by Gasteiger charge is 2.26. The Balaban J connectivity index is 0.000000930. The number of rotatable bonds is 8. The summed E-state index contributed by atoms with van der Waals surface area (Å²) in [5, 5.41) is 0. The van der Waals surface area contributed by atoms with Crippen molar-refractivity contribution in [2.24, 2.45) is 28.5 Å². The molecule has 0 aliphatic heterocycles. The summed E-state index contributed by atoms with van der Waals surface area (Å²) >= 11 is 0. The lowest BCUT2D eigenvalue weighted by Gasteiger charge is -2.33. The Labute approximate surface area is 285 Å². The highest BCUT2D eigenvalue weighted by molar-refractivity contribution is 5.69. The number of allylic oxidation sites excluding steroid dienone is 2. The predicted octanol–water partition coefficient (Wildman–Crippen LogP) is 10.3. The summed E-state index contributed by atoms with van der Waals surface area (Å²) in [5.74, 6) is 1.07. The molecule has 1 aliphatic carbocycles. The fraction of sp³-hybridized carbons (Fsp3) is 0.318. The van der Waals surface area contributed by atoms with Crippen molar-refractivity contribution in [3.63, 3.8) is 0 Å². The average Bonchev–Trinajstić information content (AvgIpc) is 3.05. The minimum Gasteiger partial charge on any atom is -0.405 e. The summed E-state index contributed by atoms with van der Waals surface area (Å²) < 4.78 is 0. The van der Waals surface area contributed by atoms with Crippen molar-refractivity contribution in [2.75, 3.05) is 6.54 Å². The van der Waals surface area contributed by atoms with Gasteiger partial charge in [0.15, 0.2) is 0 Å². The zero-order chi connectivity index (χ0) is 34.4. The van der Waals surface area contributed by atoms with Gasteiger partial charge in [-0.15, -0.1) is 0 Å². The van der Waals surface area contributed by atoms with E-state index in [4.69, 9.17) is 5.73 Å². The van der Waals surface area contributed by atoms with Crippen molar-refractivity contribution < 1.29 is 0 Å². The van der Waals surface area contributed by atoms with Gasteiger partial charge in [-0.1, -0.05) is 137 Å². The molecule has 0 aromatic heterocycles. The molecule has 0 heterocycles. The molecule has 0 spiro atoms. The van der Waals surface area contributed by atoms with Crippen LogP contribution in [0.4, 0.5) is 0 Å². The van der Waals surface area contributed by atoms with Gasteiger partial charge in [-0.05, 0) is 126 Å². The van der Waals surface area contributed by atoms with E-state index < -0.39 is 0 Å². The molecule has 3 heteroatoms. The van der Waals surface area contributed by atoms with Crippen LogP contribution in [0.5, 0.6) is 0 Å². The van der Waals surface area contributed by atoms with Crippen molar-refractivity contribution in [2.45, 2.75) is 72.6 Å². The topological polar surface area (TPSA) is 78.1 Å². The minimum absolute atomic E-state index is 0.295. The van der Waals surface area contributed by atoms with Gasteiger partial charge < -0.3 is 17.2 Å². The Morgan fingerprint density at radius 1 is 0.766 bits per heavy atom. The second kappa shape index (κ2) is 18.1. The molecule has 5 rings (SSSR count). The maximum Gasteiger partial charge on any atom is 0.0130 e. The zero-order valence-corrected chi connectivity index (χ0v) is 29.4. The van der Waals surface area contributed by atoms with Crippen LogP contribution in [0.3, 0.4) is 0 Å². The van der Waals surface area contributed by atoms with Gasteiger partial charge in [-0.3, -0.25) is 0 Å². The molecule has 0 fully saturated rings. The Morgan fingerprint density at radius 3 is 1.77 bits per heavy atom. The molecule has 0 bridgehead atoms. The molecule has 0 saturated carbocycles. The van der Waals surface area contributed by atoms with Crippen molar-refractivity contribution in [3.05, 3.63) is 162 Å². The normalized spacial score (nSPS) is 14.8. The van der Waals surface area contributed by atoms with Crippen molar-refractivity contribution in [3.8, 4) is 11.1 Å². The third-order valence-corrected chi connectivity index (χ3v) is 9.22. The first kappa shape index (κ1) is 37.1. The van der Waals surface area contributed by atoms with Crippen LogP contribution in [0.15, 0.2) is 123 Å². The molecule has 1 aliphatic rings. The van der Waals surface area contributed by atoms with E-state index in [1.165, 1.54) is 87.3 Å². The standard InChI is InChI=1S/C40H47N.2C2H5N/c1-28-6-23-38(29(2)26-28)34-15-17-36(18-16-34)39(27-31-9-7-30(8-10-31)24-25-41)35-13-11-32(12-14-35)33-19-21-37(22-20-33)40(3,4)5;2*1-2-3/h6-19,23,26,37,39H,20-22,24-25,27,41H2,1-5H3;2*2H,1,3H2. The average molecular weight is 628 g/mol. The van der Waals surface area contributed by atoms with E-state index in [0.717, 1.165) is 18.8 Å². The molecule has 6 N–H and O–H groups in total. The Bertz CT molecular complexity index is 1560. The number of nitrogens with two attached hydrogens (primary N) is 3. The van der Waals surface area contributed by atoms with Crippen molar-refractivity contribution >= 4 is 5.57 Å². The fourth-order valence-corrected chi connectivity index (χ4v) is 6.52. The van der Waals surface area contributed by atoms with E-state index in [9.17, 15) is 0 Å². The van der Waals surface area contributed by atoms with Gasteiger partial charge in [-0.25, -0.2) is 0 Å². The molecule has 0 saturated heterocycles. The number of benzene rings is 4. The lowest BCUT2D eigenvalue weighted by atomic mass is 9.72. The Kier molecular flexibility index (Phi) is 14.3. The van der Waals surface area contributed by atoms with Gasteiger partial charge in [0.1, 0.15) is 0 Å². The van der Waals surface area contributed by atoms with Crippen LogP contribution in [-0.2, 0) is 12.8 Å². The SMILES string of the molecule is C=CN.C=CN.Cc1ccc(-c2ccc(C(Cc3ccc(CCN)cc3)c3ccc(C4=CCC(C(C)(C)C)CC4)cc3)cc2)c(C)c1. The molecule has 0 radical (unpaired) electrons. The Morgan fingerprint density at radius 2 is 1.30 bits per heavy atom. The highest BCUT2D eigenvalue weighted by atomic mass is 14.5. The molecule has 3 nitrogen and oxygen atoms in total. The van der Waals surface area contributed by atoms with Crippen LogP contribution >= 0.6 is 0 Å². The van der Waals surface area contributed by atoms with Gasteiger partial charge in [0.2, 0.25) is 0 Å². The van der Waals surface area contributed by atoms with Gasteiger partial charge in [0, 0.05) is 5.92 Å². The van der Waals surface area contributed by atoms with E-state index >= 15 is 0 Å². The highest BCUT2D eigenvalue weighted by Crippen LogP contribution is 2.40. The smallest absolute Gasteiger partial charge is 0.0130 e. The molecule has 2 atom stereocenters. The van der Waals surface area contributed by atoms with Crippen LogP contribution in [-0.4, -0.2) is 6.54 Å². The maximum atomic E-state index is 5.79. The summed E-state index contributed by atoms with van der Waals surface area (Å²) in [6, 6.07) is 34.5. The van der Waals surface area contributed by atoms with E-state index in [1.807, 2.05) is 0 Å². The number of hydrogen-bond acceptors (Lipinski definition) is 3. The monoisotopic (exact) mass is 627 g/mol. The van der Waals surface area contributed by atoms with Gasteiger partial charge >= 0.3 is 0 Å². The molecule has 4 aromatic carbocycles. The van der Waals surface area contributed by atoms with Gasteiger partial charge in [-0.2, -0.15) is 0 Å². The second-order valence-corrected chi connectivity index (χ2v) is 13.7. The summed E-state index contributed by atoms with van der Waals surface area (Å²) in [4.78, 5) is 0. The molecular formula is C44H57N3. The van der Waals surface area contributed by atoms with Gasteiger partial charge in [0.05, 0.1) is 0 Å². The lowest BCUT2D eigenvalue weighted by molar-refractivity contribution is 0.225. The molecular weight excluding hydrogens is 571 g/mol. The van der Waals surface area contributed by atoms with Crippen LogP contribution in [0.25, 0.3) is 16.7 Å². The van der Waals surface area contributed by atoms with Crippen LogP contribution in [0, 0.1) is 25.2 Å². The predicted molar refractivity (Wildman–Crippen MR) is 206 cm³/mol. The van der Waals surface area contributed by atoms with E-state index in [0.29, 0.717) is 17.9 Å². The first-order valence-corrected chi connectivity index (χ1v) is 16.9. The minimum atomic E-state index is 0.295.